The zero-order valence-corrected chi connectivity index (χ0v) is 18.0. The molecule has 158 valence electrons. The molecule has 2 aromatic carbocycles. The highest BCUT2D eigenvalue weighted by molar-refractivity contribution is 7.98. The first kappa shape index (κ1) is 19.1. The third-order valence-electron chi connectivity index (χ3n) is 4.94. The Balaban J connectivity index is 1.22. The van der Waals surface area contributed by atoms with Gasteiger partial charge in [-0.3, -0.25) is 4.79 Å². The van der Waals surface area contributed by atoms with Crippen molar-refractivity contribution < 1.29 is 13.9 Å². The summed E-state index contributed by atoms with van der Waals surface area (Å²) in [6.45, 7) is 0.205. The topological polar surface area (TPSA) is 103 Å². The van der Waals surface area contributed by atoms with Gasteiger partial charge < -0.3 is 18.9 Å². The van der Waals surface area contributed by atoms with Gasteiger partial charge in [0, 0.05) is 16.5 Å². The van der Waals surface area contributed by atoms with Gasteiger partial charge in [0.25, 0.3) is 10.8 Å². The Morgan fingerprint density at radius 2 is 1.91 bits per heavy atom. The molecule has 0 saturated carbocycles. The van der Waals surface area contributed by atoms with Crippen LogP contribution in [0.5, 0.6) is 11.5 Å². The van der Waals surface area contributed by atoms with Gasteiger partial charge in [-0.05, 0) is 23.8 Å². The molecular weight excluding hydrogens is 448 g/mol. The highest BCUT2D eigenvalue weighted by atomic mass is 32.2. The number of thiophene rings is 1. The van der Waals surface area contributed by atoms with Crippen molar-refractivity contribution in [2.24, 2.45) is 0 Å². The Morgan fingerprint density at radius 1 is 1.03 bits per heavy atom. The number of H-pyrrole nitrogens is 1. The molecule has 1 aliphatic rings. The molecule has 0 bridgehead atoms. The van der Waals surface area contributed by atoms with Crippen LogP contribution in [0.3, 0.4) is 0 Å². The molecule has 0 aliphatic carbocycles. The van der Waals surface area contributed by atoms with Crippen LogP contribution in [0.2, 0.25) is 0 Å². The van der Waals surface area contributed by atoms with Gasteiger partial charge in [-0.25, -0.2) is 4.98 Å². The van der Waals surface area contributed by atoms with Crippen LogP contribution in [0.25, 0.3) is 32.8 Å². The van der Waals surface area contributed by atoms with Gasteiger partial charge in [0.1, 0.15) is 10.7 Å². The van der Waals surface area contributed by atoms with Gasteiger partial charge in [0.05, 0.1) is 11.1 Å². The second-order valence-electron chi connectivity index (χ2n) is 6.94. The Morgan fingerprint density at radius 3 is 2.81 bits per heavy atom. The maximum Gasteiger partial charge on any atom is 0.277 e. The minimum absolute atomic E-state index is 0.155. The molecule has 10 heteroatoms. The molecule has 0 radical (unpaired) electrons. The molecule has 1 aliphatic heterocycles. The van der Waals surface area contributed by atoms with E-state index < -0.39 is 0 Å². The number of aromatic nitrogens is 4. The minimum atomic E-state index is -0.155. The van der Waals surface area contributed by atoms with Crippen LogP contribution in [-0.2, 0) is 5.75 Å². The van der Waals surface area contributed by atoms with E-state index in [0.29, 0.717) is 44.4 Å². The van der Waals surface area contributed by atoms with E-state index >= 15 is 0 Å². The summed E-state index contributed by atoms with van der Waals surface area (Å²) in [5.74, 6) is 2.67. The van der Waals surface area contributed by atoms with E-state index in [-0.39, 0.29) is 12.4 Å². The van der Waals surface area contributed by atoms with E-state index in [1.807, 2.05) is 47.8 Å². The fraction of sp³-hybridized carbons (Fsp3) is 0.0909. The van der Waals surface area contributed by atoms with Crippen molar-refractivity contribution in [3.05, 3.63) is 70.1 Å². The van der Waals surface area contributed by atoms with Crippen LogP contribution in [0.15, 0.2) is 68.3 Å². The zero-order chi connectivity index (χ0) is 21.5. The molecule has 1 N–H and O–H groups in total. The molecule has 6 rings (SSSR count). The van der Waals surface area contributed by atoms with Crippen molar-refractivity contribution in [2.75, 3.05) is 6.79 Å². The van der Waals surface area contributed by atoms with Gasteiger partial charge in [0.15, 0.2) is 11.5 Å². The molecular formula is C22H14N4O4S2. The van der Waals surface area contributed by atoms with Crippen molar-refractivity contribution in [1.29, 1.82) is 0 Å². The van der Waals surface area contributed by atoms with Crippen LogP contribution in [-0.4, -0.2) is 27.0 Å². The first-order chi connectivity index (χ1) is 15.7. The van der Waals surface area contributed by atoms with Crippen LogP contribution < -0.4 is 15.0 Å². The lowest BCUT2D eigenvalue weighted by molar-refractivity contribution is 0.174. The van der Waals surface area contributed by atoms with Gasteiger partial charge in [-0.15, -0.1) is 21.5 Å². The summed E-state index contributed by atoms with van der Waals surface area (Å²) < 4.78 is 16.5. The molecule has 0 spiro atoms. The lowest BCUT2D eigenvalue weighted by Gasteiger charge is -2.01. The predicted molar refractivity (Wildman–Crippen MR) is 121 cm³/mol. The largest absolute Gasteiger partial charge is 0.454 e. The molecule has 8 nitrogen and oxygen atoms in total. The quantitative estimate of drug-likeness (QED) is 0.374. The third kappa shape index (κ3) is 3.43. The number of fused-ring (bicyclic) bond motifs is 2. The summed E-state index contributed by atoms with van der Waals surface area (Å²) in [4.78, 5) is 21.0. The number of thioether (sulfide) groups is 1. The Kier molecular flexibility index (Phi) is 4.66. The van der Waals surface area contributed by atoms with E-state index in [1.165, 1.54) is 23.1 Å². The SMILES string of the molecule is O=c1[nH]c(CSc2nnc(-c3ccc4c(c3)OCO4)o2)nc2scc(-c3ccccc3)c12. The lowest BCUT2D eigenvalue weighted by Crippen LogP contribution is -2.10. The second-order valence-corrected chi connectivity index (χ2v) is 8.72. The second kappa shape index (κ2) is 7.81. The van der Waals surface area contributed by atoms with E-state index in [2.05, 4.69) is 20.2 Å². The number of ether oxygens (including phenoxy) is 2. The number of hydrogen-bond acceptors (Lipinski definition) is 9. The van der Waals surface area contributed by atoms with Crippen molar-refractivity contribution in [2.45, 2.75) is 11.0 Å². The molecule has 0 atom stereocenters. The van der Waals surface area contributed by atoms with E-state index in [1.54, 1.807) is 6.07 Å². The average Bonchev–Trinajstić information content (AvgIpc) is 3.57. The van der Waals surface area contributed by atoms with Crippen molar-refractivity contribution in [3.63, 3.8) is 0 Å². The van der Waals surface area contributed by atoms with Gasteiger partial charge >= 0.3 is 0 Å². The number of nitrogens with one attached hydrogen (secondary N) is 1. The Hall–Kier alpha value is -3.63. The summed E-state index contributed by atoms with van der Waals surface area (Å²) in [5, 5.41) is 11.2. The molecule has 32 heavy (non-hydrogen) atoms. The van der Waals surface area contributed by atoms with Crippen LogP contribution in [0.4, 0.5) is 0 Å². The third-order valence-corrected chi connectivity index (χ3v) is 6.64. The van der Waals surface area contributed by atoms with Crippen molar-refractivity contribution in [3.8, 4) is 34.1 Å². The summed E-state index contributed by atoms with van der Waals surface area (Å²) in [7, 11) is 0. The highest BCUT2D eigenvalue weighted by Crippen LogP contribution is 2.36. The van der Waals surface area contributed by atoms with Gasteiger partial charge in [-0.1, -0.05) is 42.1 Å². The standard InChI is InChI=1S/C22H14N4O4S2/c27-19-18-14(12-4-2-1-3-5-12)9-31-21(18)24-17(23-19)10-32-22-26-25-20(30-22)13-6-7-15-16(8-13)29-11-28-15/h1-9H,10-11H2,(H,23,24,27). The normalized spacial score (nSPS) is 12.5. The van der Waals surface area contributed by atoms with E-state index in [9.17, 15) is 4.79 Å². The lowest BCUT2D eigenvalue weighted by atomic mass is 10.1. The van der Waals surface area contributed by atoms with E-state index in [4.69, 9.17) is 13.9 Å². The number of aromatic amines is 1. The van der Waals surface area contributed by atoms with Crippen LogP contribution in [0.1, 0.15) is 5.82 Å². The maximum atomic E-state index is 12.8. The highest BCUT2D eigenvalue weighted by Gasteiger charge is 2.18. The molecule has 0 unspecified atom stereocenters. The Labute approximate surface area is 189 Å². The summed E-state index contributed by atoms with van der Waals surface area (Å²) in [5.41, 5.74) is 2.48. The maximum absolute atomic E-state index is 12.8. The van der Waals surface area contributed by atoms with Crippen LogP contribution >= 0.6 is 23.1 Å². The molecule has 0 saturated heterocycles. The fourth-order valence-corrected chi connectivity index (χ4v) is 5.04. The number of nitrogens with zero attached hydrogens (tertiary/aromatic N) is 3. The van der Waals surface area contributed by atoms with Crippen molar-refractivity contribution >= 4 is 33.3 Å². The summed E-state index contributed by atoms with van der Waals surface area (Å²) in [6, 6.07) is 15.3. The first-order valence-corrected chi connectivity index (χ1v) is 11.5. The number of benzene rings is 2. The van der Waals surface area contributed by atoms with Crippen LogP contribution in [0, 0.1) is 0 Å². The number of rotatable bonds is 5. The molecule has 5 aromatic rings. The van der Waals surface area contributed by atoms with Crippen molar-refractivity contribution in [1.82, 2.24) is 20.2 Å². The molecule has 4 heterocycles. The molecule has 3 aromatic heterocycles. The average molecular weight is 463 g/mol. The smallest absolute Gasteiger partial charge is 0.277 e. The monoisotopic (exact) mass is 462 g/mol. The van der Waals surface area contributed by atoms with Gasteiger partial charge in [0.2, 0.25) is 12.7 Å². The molecule has 0 amide bonds. The zero-order valence-electron chi connectivity index (χ0n) is 16.4. The fourth-order valence-electron chi connectivity index (χ4n) is 3.44. The summed E-state index contributed by atoms with van der Waals surface area (Å²) in [6.07, 6.45) is 0. The molecule has 0 fully saturated rings. The summed E-state index contributed by atoms with van der Waals surface area (Å²) >= 11 is 2.77. The van der Waals surface area contributed by atoms with Gasteiger partial charge in [-0.2, -0.15) is 0 Å². The predicted octanol–water partition coefficient (Wildman–Crippen LogP) is 4.72. The van der Waals surface area contributed by atoms with E-state index in [0.717, 1.165) is 16.7 Å². The first-order valence-electron chi connectivity index (χ1n) is 9.67. The number of hydrogen-bond donors (Lipinski definition) is 1. The Bertz CT molecular complexity index is 1490. The minimum Gasteiger partial charge on any atom is -0.454 e.